The molecule has 0 fully saturated rings. The van der Waals surface area contributed by atoms with Crippen molar-refractivity contribution in [3.05, 3.63) is 161 Å². The topological polar surface area (TPSA) is 9.86 Å². The molecular weight excluding hydrogens is 808 g/mol. The Hall–Kier alpha value is -6.32. The minimum absolute atomic E-state index is 0.0118. The van der Waals surface area contributed by atoms with Crippen molar-refractivity contribution in [1.82, 2.24) is 9.05 Å². The van der Waals surface area contributed by atoms with E-state index in [1.165, 1.54) is 151 Å². The molecule has 0 saturated carbocycles. The van der Waals surface area contributed by atoms with Gasteiger partial charge in [0.2, 0.25) is 0 Å². The molecule has 1 aliphatic carbocycles. The van der Waals surface area contributed by atoms with Crippen LogP contribution in [0.15, 0.2) is 127 Å². The van der Waals surface area contributed by atoms with Gasteiger partial charge in [0.05, 0.1) is 11.0 Å². The van der Waals surface area contributed by atoms with E-state index in [0.717, 1.165) is 0 Å². The first-order chi connectivity index (χ1) is 31.8. The second-order valence-corrected chi connectivity index (χ2v) is 24.3. The molecule has 0 radical (unpaired) electrons. The van der Waals surface area contributed by atoms with Crippen LogP contribution in [-0.4, -0.2) is 15.9 Å². The summed E-state index contributed by atoms with van der Waals surface area (Å²) in [7, 11) is 0. The summed E-state index contributed by atoms with van der Waals surface area (Å²) in [6.45, 7) is 28.4. The monoisotopic (exact) mass is 868 g/mol. The minimum Gasteiger partial charge on any atom is -0.375 e. The van der Waals surface area contributed by atoms with E-state index in [9.17, 15) is 0 Å². The Balaban J connectivity index is 1.24. The van der Waals surface area contributed by atoms with Crippen LogP contribution in [-0.2, 0) is 21.7 Å². The smallest absolute Gasteiger partial charge is 0.333 e. The van der Waals surface area contributed by atoms with Gasteiger partial charge in [-0.25, -0.2) is 0 Å². The summed E-state index contributed by atoms with van der Waals surface area (Å²) >= 11 is 0. The lowest BCUT2D eigenvalue weighted by Gasteiger charge is -2.42. The first-order valence-electron chi connectivity index (χ1n) is 24.8. The third kappa shape index (κ3) is 5.70. The Kier molecular flexibility index (Phi) is 8.07. The van der Waals surface area contributed by atoms with Crippen LogP contribution < -0.4 is 10.9 Å². The summed E-state index contributed by atoms with van der Waals surface area (Å²) in [5.41, 5.74) is 25.7. The molecule has 67 heavy (non-hydrogen) atoms. The summed E-state index contributed by atoms with van der Waals surface area (Å²) in [6.07, 6.45) is 2.40. The highest BCUT2D eigenvalue weighted by Crippen LogP contribution is 2.50. The van der Waals surface area contributed by atoms with Crippen molar-refractivity contribution in [3.63, 3.8) is 0 Å². The van der Waals surface area contributed by atoms with Crippen molar-refractivity contribution < 1.29 is 0 Å². The summed E-state index contributed by atoms with van der Waals surface area (Å²) in [5.74, 6) is 0. The zero-order valence-electron chi connectivity index (χ0n) is 41.5. The standard InChI is InChI=1S/C64H61BN2/c1-36-25-37(2)27-40(26-36)42-28-48-51-35-44(62(6,7)8)34-50-47-33-43(61(3,4)5)19-22-55(47)67(59(50)51)65-54-31-41(39-18-21-52-53(30-39)64(11,12)24-23-63(52,9)10)29-49-46-20-17-38-15-13-14-16-45(38)58(46)66(60(49)54)56(32-42)57(48)65/h13-22,25-35H,23-24H2,1-12H3. The van der Waals surface area contributed by atoms with Crippen LogP contribution in [0.5, 0.6) is 0 Å². The molecule has 3 aliphatic rings. The molecule has 0 unspecified atom stereocenters. The molecular formula is C64H61BN2. The first kappa shape index (κ1) is 40.9. The zero-order valence-corrected chi connectivity index (χ0v) is 41.5. The predicted octanol–water partition coefficient (Wildman–Crippen LogP) is 15.9. The van der Waals surface area contributed by atoms with E-state index in [-0.39, 0.29) is 28.5 Å². The minimum atomic E-state index is -0.0508. The number of hydrogen-bond donors (Lipinski definition) is 0. The van der Waals surface area contributed by atoms with E-state index in [1.54, 1.807) is 0 Å². The van der Waals surface area contributed by atoms with Crippen molar-refractivity contribution in [2.75, 3.05) is 0 Å². The molecule has 330 valence electrons. The molecule has 0 spiro atoms. The second kappa shape index (κ2) is 13.2. The Morgan fingerprint density at radius 2 is 1.15 bits per heavy atom. The molecule has 3 heteroatoms. The SMILES string of the molecule is Cc1cc(C)cc(-c2cc3c4c(c2)-n2c5c(cc(-c6ccc7c(c6)C(C)(C)CCC7(C)C)cc5c5ccc6ccccc6c52)B4n2c4ccc(C(C)(C)C)cc4c4cc(C(C)(C)C)cc-3c42)c1. The van der Waals surface area contributed by atoms with Crippen molar-refractivity contribution in [2.45, 2.75) is 118 Å². The van der Waals surface area contributed by atoms with Gasteiger partial charge in [-0.15, -0.1) is 0 Å². The van der Waals surface area contributed by atoms with Crippen molar-refractivity contribution in [3.8, 4) is 39.1 Å². The summed E-state index contributed by atoms with van der Waals surface area (Å²) in [6, 6.07) is 51.1. The Labute approximate surface area is 396 Å². The van der Waals surface area contributed by atoms with Crippen LogP contribution in [0.2, 0.25) is 0 Å². The summed E-state index contributed by atoms with van der Waals surface area (Å²) < 4.78 is 5.48. The van der Waals surface area contributed by atoms with Gasteiger partial charge in [-0.3, -0.25) is 0 Å². The van der Waals surface area contributed by atoms with Crippen molar-refractivity contribution in [1.29, 1.82) is 0 Å². The molecule has 10 aromatic rings. The fourth-order valence-electron chi connectivity index (χ4n) is 12.9. The van der Waals surface area contributed by atoms with Gasteiger partial charge in [-0.1, -0.05) is 165 Å². The summed E-state index contributed by atoms with van der Waals surface area (Å²) in [5, 5.41) is 7.90. The van der Waals surface area contributed by atoms with Gasteiger partial charge < -0.3 is 9.05 Å². The largest absolute Gasteiger partial charge is 0.375 e. The third-order valence-electron chi connectivity index (χ3n) is 16.7. The lowest BCUT2D eigenvalue weighted by Crippen LogP contribution is -2.55. The zero-order chi connectivity index (χ0) is 46.4. The normalized spacial score (nSPS) is 15.9. The maximum atomic E-state index is 2.78. The van der Waals surface area contributed by atoms with E-state index in [2.05, 4.69) is 220 Å². The Bertz CT molecular complexity index is 3830. The van der Waals surface area contributed by atoms with Crippen molar-refractivity contribution >= 4 is 72.2 Å². The predicted molar refractivity (Wildman–Crippen MR) is 290 cm³/mol. The molecule has 4 heterocycles. The van der Waals surface area contributed by atoms with E-state index in [1.807, 2.05) is 0 Å². The highest BCUT2D eigenvalue weighted by atomic mass is 15.0. The molecule has 0 saturated heterocycles. The van der Waals surface area contributed by atoms with Gasteiger partial charge in [-0.05, 0) is 157 Å². The molecule has 2 nitrogen and oxygen atoms in total. The number of aromatic nitrogens is 2. The van der Waals surface area contributed by atoms with Crippen LogP contribution in [0.3, 0.4) is 0 Å². The Morgan fingerprint density at radius 3 is 1.90 bits per heavy atom. The molecule has 0 atom stereocenters. The van der Waals surface area contributed by atoms with E-state index < -0.39 is 0 Å². The second-order valence-electron chi connectivity index (χ2n) is 24.3. The molecule has 2 aliphatic heterocycles. The first-order valence-corrected chi connectivity index (χ1v) is 24.8. The van der Waals surface area contributed by atoms with Gasteiger partial charge >= 0.3 is 6.85 Å². The fraction of sp³-hybridized carbons (Fsp3) is 0.281. The van der Waals surface area contributed by atoms with Gasteiger partial charge in [-0.2, -0.15) is 0 Å². The quantitative estimate of drug-likeness (QED) is 0.153. The van der Waals surface area contributed by atoms with Gasteiger partial charge in [0.25, 0.3) is 0 Å². The van der Waals surface area contributed by atoms with E-state index in [4.69, 9.17) is 0 Å². The molecule has 0 bridgehead atoms. The number of fused-ring (bicyclic) bond motifs is 13. The average Bonchev–Trinajstić information content (AvgIpc) is 3.80. The van der Waals surface area contributed by atoms with Crippen LogP contribution in [0, 0.1) is 13.8 Å². The molecule has 13 rings (SSSR count). The average molecular weight is 869 g/mol. The highest BCUT2D eigenvalue weighted by molar-refractivity contribution is 6.90. The van der Waals surface area contributed by atoms with Crippen LogP contribution in [0.25, 0.3) is 93.5 Å². The van der Waals surface area contributed by atoms with Crippen LogP contribution in [0.4, 0.5) is 0 Å². The highest BCUT2D eigenvalue weighted by Gasteiger charge is 2.43. The summed E-state index contributed by atoms with van der Waals surface area (Å²) in [4.78, 5) is 0. The van der Waals surface area contributed by atoms with E-state index in [0.29, 0.717) is 0 Å². The fourth-order valence-corrected chi connectivity index (χ4v) is 12.9. The number of nitrogens with zero attached hydrogens (tertiary/aromatic N) is 2. The molecule has 2 aromatic heterocycles. The van der Waals surface area contributed by atoms with Gasteiger partial charge in [0, 0.05) is 49.2 Å². The number of aryl methyl sites for hydroxylation is 2. The van der Waals surface area contributed by atoms with Crippen LogP contribution >= 0.6 is 0 Å². The third-order valence-corrected chi connectivity index (χ3v) is 16.7. The lowest BCUT2D eigenvalue weighted by atomic mass is 9.45. The molecule has 0 amide bonds. The van der Waals surface area contributed by atoms with E-state index >= 15 is 0 Å². The van der Waals surface area contributed by atoms with Gasteiger partial charge in [0.15, 0.2) is 0 Å². The van der Waals surface area contributed by atoms with Gasteiger partial charge in [0.1, 0.15) is 0 Å². The number of hydrogen-bond acceptors (Lipinski definition) is 0. The molecule has 0 N–H and O–H groups in total. The van der Waals surface area contributed by atoms with Crippen molar-refractivity contribution in [2.24, 2.45) is 0 Å². The number of rotatable bonds is 2. The maximum absolute atomic E-state index is 2.78. The molecule has 8 aromatic carbocycles. The maximum Gasteiger partial charge on any atom is 0.333 e. The lowest BCUT2D eigenvalue weighted by molar-refractivity contribution is 0.332. The number of benzene rings is 8. The van der Waals surface area contributed by atoms with Crippen LogP contribution in [0.1, 0.15) is 115 Å². The Morgan fingerprint density at radius 1 is 0.478 bits per heavy atom.